The number of rotatable bonds is 2. The van der Waals surface area contributed by atoms with Crippen LogP contribution in [0.5, 0.6) is 0 Å². The number of hydrogen-bond acceptors (Lipinski definition) is 4. The molecule has 1 N–H and O–H groups in total. The van der Waals surface area contributed by atoms with Gasteiger partial charge < -0.3 is 10.2 Å². The van der Waals surface area contributed by atoms with Gasteiger partial charge in [-0.2, -0.15) is 0 Å². The maximum Gasteiger partial charge on any atom is 0.265 e. The molecule has 2 aliphatic rings. The van der Waals surface area contributed by atoms with E-state index < -0.39 is 0 Å². The molecule has 2 saturated heterocycles. The van der Waals surface area contributed by atoms with Crippen molar-refractivity contribution in [3.05, 3.63) is 52.1 Å². The van der Waals surface area contributed by atoms with Crippen LogP contribution in [-0.4, -0.2) is 40.3 Å². The number of aromatic nitrogens is 1. The number of halogens is 1. The molecule has 3 aromatic rings. The van der Waals surface area contributed by atoms with Crippen molar-refractivity contribution in [3.8, 4) is 11.1 Å². The van der Waals surface area contributed by atoms with Crippen LogP contribution in [0.3, 0.4) is 0 Å². The molecule has 7 heteroatoms. The van der Waals surface area contributed by atoms with Crippen LogP contribution in [0, 0.1) is 6.92 Å². The van der Waals surface area contributed by atoms with Crippen LogP contribution in [0.4, 0.5) is 0 Å². The van der Waals surface area contributed by atoms with E-state index in [1.54, 1.807) is 11.1 Å². The van der Waals surface area contributed by atoms with Crippen molar-refractivity contribution in [2.75, 3.05) is 13.1 Å². The lowest BCUT2D eigenvalue weighted by molar-refractivity contribution is -0.120. The fourth-order valence-electron chi connectivity index (χ4n) is 4.14. The third-order valence-corrected chi connectivity index (χ3v) is 7.30. The van der Waals surface area contributed by atoms with Crippen molar-refractivity contribution in [1.29, 1.82) is 0 Å². The van der Waals surface area contributed by atoms with Gasteiger partial charge >= 0.3 is 0 Å². The molecule has 28 heavy (non-hydrogen) atoms. The zero-order valence-electron chi connectivity index (χ0n) is 15.3. The van der Waals surface area contributed by atoms with E-state index in [-0.39, 0.29) is 17.4 Å². The summed E-state index contributed by atoms with van der Waals surface area (Å²) >= 11 is 7.99. The Morgan fingerprint density at radius 3 is 2.86 bits per heavy atom. The van der Waals surface area contributed by atoms with Crippen LogP contribution in [0.2, 0.25) is 5.02 Å². The van der Waals surface area contributed by atoms with E-state index in [1.807, 2.05) is 31.2 Å². The van der Waals surface area contributed by atoms with Gasteiger partial charge in [0.05, 0.1) is 10.6 Å². The van der Waals surface area contributed by atoms with Gasteiger partial charge in [0.2, 0.25) is 5.91 Å². The first-order valence-electron chi connectivity index (χ1n) is 9.20. The lowest BCUT2D eigenvalue weighted by Crippen LogP contribution is -2.68. The molecule has 0 saturated carbocycles. The Morgan fingerprint density at radius 1 is 1.32 bits per heavy atom. The lowest BCUT2D eigenvalue weighted by Gasteiger charge is -2.47. The van der Waals surface area contributed by atoms with E-state index in [1.165, 1.54) is 11.3 Å². The molecular formula is C21H18ClN3O2S. The number of carbonyl (C=O) groups is 2. The third-order valence-electron chi connectivity index (χ3n) is 5.65. The monoisotopic (exact) mass is 411 g/mol. The first-order valence-corrected chi connectivity index (χ1v) is 10.4. The zero-order chi connectivity index (χ0) is 19.5. The second-order valence-corrected chi connectivity index (χ2v) is 9.01. The van der Waals surface area contributed by atoms with Gasteiger partial charge in [0.15, 0.2) is 0 Å². The standard InChI is InChI=1S/C21H18ClN3O2S/c1-12-14(3-2-8-23-12)13-4-5-15-16(9-13)28-19(18(15)22)20(27)25-10-21(11-25)7-6-17(26)24-21/h2-5,8-9H,6-7,10-11H2,1H3,(H,24,26). The highest BCUT2D eigenvalue weighted by atomic mass is 35.5. The molecule has 2 fully saturated rings. The highest BCUT2D eigenvalue weighted by Gasteiger charge is 2.49. The smallest absolute Gasteiger partial charge is 0.265 e. The van der Waals surface area contributed by atoms with Crippen molar-refractivity contribution >= 4 is 44.8 Å². The van der Waals surface area contributed by atoms with E-state index in [9.17, 15) is 9.59 Å². The summed E-state index contributed by atoms with van der Waals surface area (Å²) in [5.41, 5.74) is 2.88. The Bertz CT molecular complexity index is 1130. The normalized spacial score (nSPS) is 17.8. The number of fused-ring (bicyclic) bond motifs is 1. The molecule has 1 aromatic carbocycles. The molecule has 0 atom stereocenters. The average molecular weight is 412 g/mol. The molecule has 0 unspecified atom stereocenters. The van der Waals surface area contributed by atoms with Crippen LogP contribution < -0.4 is 5.32 Å². The first-order chi connectivity index (χ1) is 13.5. The molecule has 1 spiro atoms. The maximum atomic E-state index is 13.0. The molecule has 4 heterocycles. The summed E-state index contributed by atoms with van der Waals surface area (Å²) in [6.45, 7) is 3.10. The number of nitrogens with one attached hydrogen (secondary N) is 1. The highest BCUT2D eigenvalue weighted by Crippen LogP contribution is 2.40. The third kappa shape index (κ3) is 2.71. The van der Waals surface area contributed by atoms with Crippen molar-refractivity contribution in [2.45, 2.75) is 25.3 Å². The summed E-state index contributed by atoms with van der Waals surface area (Å²) in [5.74, 6) is 0.0160. The highest BCUT2D eigenvalue weighted by molar-refractivity contribution is 7.21. The van der Waals surface area contributed by atoms with Gasteiger partial charge in [-0.3, -0.25) is 14.6 Å². The number of pyridine rings is 1. The van der Waals surface area contributed by atoms with Gasteiger partial charge in [0.25, 0.3) is 5.91 Å². The molecule has 0 radical (unpaired) electrons. The fraction of sp³-hybridized carbons (Fsp3) is 0.286. The van der Waals surface area contributed by atoms with Gasteiger partial charge in [0.1, 0.15) is 4.88 Å². The molecule has 2 aliphatic heterocycles. The zero-order valence-corrected chi connectivity index (χ0v) is 16.9. The van der Waals surface area contributed by atoms with E-state index in [4.69, 9.17) is 11.6 Å². The summed E-state index contributed by atoms with van der Waals surface area (Å²) in [5, 5.41) is 4.41. The number of thiophene rings is 1. The predicted octanol–water partition coefficient (Wildman–Crippen LogP) is 4.03. The predicted molar refractivity (Wildman–Crippen MR) is 111 cm³/mol. The van der Waals surface area contributed by atoms with Crippen molar-refractivity contribution in [3.63, 3.8) is 0 Å². The van der Waals surface area contributed by atoms with Crippen molar-refractivity contribution in [1.82, 2.24) is 15.2 Å². The summed E-state index contributed by atoms with van der Waals surface area (Å²) in [6.07, 6.45) is 3.12. The van der Waals surface area contributed by atoms with Gasteiger partial charge in [-0.05, 0) is 31.0 Å². The Balaban J connectivity index is 1.44. The van der Waals surface area contributed by atoms with Gasteiger partial charge in [-0.1, -0.05) is 29.8 Å². The minimum Gasteiger partial charge on any atom is -0.347 e. The number of hydrogen-bond donors (Lipinski definition) is 1. The minimum atomic E-state index is -0.221. The van der Waals surface area contributed by atoms with Gasteiger partial charge in [-0.15, -0.1) is 11.3 Å². The van der Waals surface area contributed by atoms with Crippen molar-refractivity contribution < 1.29 is 9.59 Å². The molecule has 0 aliphatic carbocycles. The van der Waals surface area contributed by atoms with Crippen LogP contribution in [0.1, 0.15) is 28.2 Å². The van der Waals surface area contributed by atoms with Crippen LogP contribution >= 0.6 is 22.9 Å². The summed E-state index contributed by atoms with van der Waals surface area (Å²) in [6, 6.07) is 10.0. The van der Waals surface area contributed by atoms with E-state index in [0.29, 0.717) is 29.4 Å². The largest absolute Gasteiger partial charge is 0.347 e. The molecule has 0 bridgehead atoms. The second-order valence-electron chi connectivity index (χ2n) is 7.58. The number of amides is 2. The molecule has 5 rings (SSSR count). The molecule has 2 aromatic heterocycles. The summed E-state index contributed by atoms with van der Waals surface area (Å²) in [7, 11) is 0. The second kappa shape index (κ2) is 6.29. The van der Waals surface area contributed by atoms with Crippen molar-refractivity contribution in [2.24, 2.45) is 0 Å². The topological polar surface area (TPSA) is 62.3 Å². The lowest BCUT2D eigenvalue weighted by atomic mass is 9.88. The summed E-state index contributed by atoms with van der Waals surface area (Å²) in [4.78, 5) is 31.2. The number of carbonyl (C=O) groups excluding carboxylic acids is 2. The number of likely N-dealkylation sites (tertiary alicyclic amines) is 1. The maximum absolute atomic E-state index is 13.0. The number of aryl methyl sites for hydroxylation is 1. The quantitative estimate of drug-likeness (QED) is 0.692. The molecule has 2 amide bonds. The van der Waals surface area contributed by atoms with Gasteiger partial charge in [-0.25, -0.2) is 0 Å². The molecule has 5 nitrogen and oxygen atoms in total. The van der Waals surface area contributed by atoms with Crippen LogP contribution in [-0.2, 0) is 4.79 Å². The van der Waals surface area contributed by atoms with E-state index >= 15 is 0 Å². The van der Waals surface area contributed by atoms with Gasteiger partial charge in [0, 0.05) is 47.1 Å². The minimum absolute atomic E-state index is 0.0583. The van der Waals surface area contributed by atoms with E-state index in [0.717, 1.165) is 33.3 Å². The fourth-order valence-corrected chi connectivity index (χ4v) is 5.66. The average Bonchev–Trinajstić information content (AvgIpc) is 3.21. The Morgan fingerprint density at radius 2 is 2.14 bits per heavy atom. The summed E-state index contributed by atoms with van der Waals surface area (Å²) < 4.78 is 0.985. The Hall–Kier alpha value is -2.44. The molecule has 142 valence electrons. The molecular weight excluding hydrogens is 394 g/mol. The number of nitrogens with zero attached hydrogens (tertiary/aromatic N) is 2. The van der Waals surface area contributed by atoms with E-state index in [2.05, 4.69) is 16.4 Å². The first kappa shape index (κ1) is 17.6. The van der Waals surface area contributed by atoms with Crippen LogP contribution in [0.15, 0.2) is 36.5 Å². The number of benzene rings is 1. The SMILES string of the molecule is Cc1ncccc1-c1ccc2c(Cl)c(C(=O)N3CC4(CCC(=O)N4)C3)sc2c1. The van der Waals surface area contributed by atoms with Crippen LogP contribution in [0.25, 0.3) is 21.2 Å². The Labute approximate surface area is 171 Å². The Kier molecular flexibility index (Phi) is 3.96.